The molecule has 0 aliphatic heterocycles. The van der Waals surface area contributed by atoms with Crippen LogP contribution in [0.5, 0.6) is 0 Å². The van der Waals surface area contributed by atoms with Gasteiger partial charge in [0.2, 0.25) is 5.95 Å². The molecule has 0 aliphatic carbocycles. The summed E-state index contributed by atoms with van der Waals surface area (Å²) < 4.78 is 12.9. The highest BCUT2D eigenvalue weighted by atomic mass is 32.1. The minimum absolute atomic E-state index is 0.471. The Bertz CT molecular complexity index is 933. The Labute approximate surface area is 130 Å². The molecule has 0 amide bonds. The molecule has 4 rings (SSSR count). The fourth-order valence-corrected chi connectivity index (χ4v) is 3.28. The highest BCUT2D eigenvalue weighted by Gasteiger charge is 2.08. The highest BCUT2D eigenvalue weighted by Crippen LogP contribution is 2.33. The minimum atomic E-state index is -0.471. The molecule has 0 unspecified atom stereocenters. The van der Waals surface area contributed by atoms with E-state index in [0.29, 0.717) is 0 Å². The Balaban J connectivity index is 1.80. The van der Waals surface area contributed by atoms with E-state index in [4.69, 9.17) is 4.98 Å². The Morgan fingerprint density at radius 1 is 0.955 bits per heavy atom. The van der Waals surface area contributed by atoms with Gasteiger partial charge in [-0.25, -0.2) is 9.97 Å². The Morgan fingerprint density at radius 3 is 2.68 bits per heavy atom. The van der Waals surface area contributed by atoms with Crippen molar-refractivity contribution in [2.45, 2.75) is 0 Å². The number of nitrogens with zero attached hydrogens (tertiary/aromatic N) is 3. The number of hydrogen-bond acceptors (Lipinski definition) is 4. The average Bonchev–Trinajstić information content (AvgIpc) is 2.99. The zero-order valence-electron chi connectivity index (χ0n) is 11.4. The molecule has 4 heterocycles. The van der Waals surface area contributed by atoms with Crippen LogP contribution in [-0.2, 0) is 0 Å². The number of halogens is 1. The molecule has 0 atom stereocenters. The third-order valence-electron chi connectivity index (χ3n) is 3.35. The smallest absolute Gasteiger partial charge is 0.212 e. The van der Waals surface area contributed by atoms with Crippen molar-refractivity contribution in [3.63, 3.8) is 0 Å². The maximum atomic E-state index is 12.9. The van der Waals surface area contributed by atoms with Gasteiger partial charge in [-0.1, -0.05) is 0 Å². The second-order valence-corrected chi connectivity index (χ2v) is 5.84. The zero-order valence-corrected chi connectivity index (χ0v) is 12.2. The third kappa shape index (κ3) is 2.35. The summed E-state index contributed by atoms with van der Waals surface area (Å²) in [4.78, 5) is 14.5. The number of thiophene rings is 1. The molecule has 4 aromatic heterocycles. The Kier molecular flexibility index (Phi) is 3.12. The molecule has 22 heavy (non-hydrogen) atoms. The van der Waals surface area contributed by atoms with E-state index in [0.717, 1.165) is 31.9 Å². The van der Waals surface area contributed by atoms with Crippen LogP contribution in [0.3, 0.4) is 0 Å². The summed E-state index contributed by atoms with van der Waals surface area (Å²) >= 11 is 1.57. The van der Waals surface area contributed by atoms with Gasteiger partial charge in [-0.3, -0.25) is 4.98 Å². The molecule has 5 heteroatoms. The fraction of sp³-hybridized carbons (Fsp3) is 0. The molecule has 3 nitrogen and oxygen atoms in total. The van der Waals surface area contributed by atoms with E-state index in [9.17, 15) is 4.39 Å². The summed E-state index contributed by atoms with van der Waals surface area (Å²) in [5, 5.41) is 1.07. The van der Waals surface area contributed by atoms with Crippen molar-refractivity contribution in [3.05, 3.63) is 67.0 Å². The number of hydrogen-bond donors (Lipinski definition) is 0. The first-order valence-corrected chi connectivity index (χ1v) is 7.54. The van der Waals surface area contributed by atoms with E-state index >= 15 is 0 Å². The first-order valence-electron chi connectivity index (χ1n) is 6.72. The van der Waals surface area contributed by atoms with Crippen molar-refractivity contribution in [1.82, 2.24) is 15.0 Å². The van der Waals surface area contributed by atoms with Crippen molar-refractivity contribution in [1.29, 1.82) is 0 Å². The first kappa shape index (κ1) is 13.0. The maximum absolute atomic E-state index is 12.9. The topological polar surface area (TPSA) is 38.7 Å². The predicted molar refractivity (Wildman–Crippen MR) is 86.0 cm³/mol. The number of aromatic nitrogens is 3. The average molecular weight is 307 g/mol. The maximum Gasteiger partial charge on any atom is 0.212 e. The summed E-state index contributed by atoms with van der Waals surface area (Å²) in [6.45, 7) is 0. The molecular weight excluding hydrogens is 297 g/mol. The lowest BCUT2D eigenvalue weighted by atomic mass is 10.1. The van der Waals surface area contributed by atoms with Gasteiger partial charge in [-0.15, -0.1) is 11.3 Å². The van der Waals surface area contributed by atoms with Crippen LogP contribution in [0.25, 0.3) is 31.9 Å². The van der Waals surface area contributed by atoms with Gasteiger partial charge in [0.05, 0.1) is 5.69 Å². The van der Waals surface area contributed by atoms with Crippen LogP contribution in [0, 0.1) is 5.95 Å². The molecule has 0 saturated heterocycles. The molecule has 0 radical (unpaired) electrons. The van der Waals surface area contributed by atoms with Gasteiger partial charge in [-0.2, -0.15) is 4.39 Å². The number of fused-ring (bicyclic) bond motifs is 1. The van der Waals surface area contributed by atoms with Crippen LogP contribution in [0.15, 0.2) is 61.1 Å². The van der Waals surface area contributed by atoms with Crippen molar-refractivity contribution in [3.8, 4) is 21.7 Å². The predicted octanol–water partition coefficient (Wildman–Crippen LogP) is 4.56. The summed E-state index contributed by atoms with van der Waals surface area (Å²) in [6, 6.07) is 13.1. The molecule has 0 aliphatic rings. The van der Waals surface area contributed by atoms with Crippen LogP contribution < -0.4 is 0 Å². The van der Waals surface area contributed by atoms with Gasteiger partial charge in [0.15, 0.2) is 0 Å². The number of rotatable bonds is 2. The lowest BCUT2D eigenvalue weighted by Gasteiger charge is -1.99. The van der Waals surface area contributed by atoms with E-state index in [1.165, 1.54) is 6.07 Å². The molecule has 0 aromatic carbocycles. The number of pyridine rings is 3. The van der Waals surface area contributed by atoms with Crippen LogP contribution in [-0.4, -0.2) is 15.0 Å². The van der Waals surface area contributed by atoms with E-state index in [-0.39, 0.29) is 0 Å². The van der Waals surface area contributed by atoms with E-state index in [1.54, 1.807) is 36.0 Å². The second kappa shape index (κ2) is 5.27. The molecule has 106 valence electrons. The molecule has 0 spiro atoms. The molecule has 0 bridgehead atoms. The molecular formula is C17H10FN3S. The molecule has 0 N–H and O–H groups in total. The normalized spacial score (nSPS) is 11.0. The summed E-state index contributed by atoms with van der Waals surface area (Å²) in [5.41, 5.74) is 2.78. The summed E-state index contributed by atoms with van der Waals surface area (Å²) in [7, 11) is 0. The van der Waals surface area contributed by atoms with E-state index in [2.05, 4.69) is 16.0 Å². The van der Waals surface area contributed by atoms with Crippen molar-refractivity contribution < 1.29 is 4.39 Å². The van der Waals surface area contributed by atoms with Gasteiger partial charge in [-0.05, 0) is 42.5 Å². The van der Waals surface area contributed by atoms with Crippen LogP contribution >= 0.6 is 11.3 Å². The van der Waals surface area contributed by atoms with Gasteiger partial charge in [0.25, 0.3) is 0 Å². The lowest BCUT2D eigenvalue weighted by Crippen LogP contribution is -1.82. The van der Waals surface area contributed by atoms with Crippen LogP contribution in [0.1, 0.15) is 0 Å². The first-order chi connectivity index (χ1) is 10.8. The monoisotopic (exact) mass is 307 g/mol. The fourth-order valence-electron chi connectivity index (χ4n) is 2.26. The summed E-state index contributed by atoms with van der Waals surface area (Å²) in [5.74, 6) is -0.471. The molecule has 0 saturated carbocycles. The van der Waals surface area contributed by atoms with E-state index in [1.807, 2.05) is 24.3 Å². The lowest BCUT2D eigenvalue weighted by molar-refractivity contribution is 0.584. The van der Waals surface area contributed by atoms with Crippen molar-refractivity contribution in [2.75, 3.05) is 0 Å². The summed E-state index contributed by atoms with van der Waals surface area (Å²) in [6.07, 6.45) is 5.08. The highest BCUT2D eigenvalue weighted by molar-refractivity contribution is 7.21. The van der Waals surface area contributed by atoms with Crippen molar-refractivity contribution in [2.24, 2.45) is 0 Å². The molecule has 0 fully saturated rings. The van der Waals surface area contributed by atoms with Gasteiger partial charge < -0.3 is 0 Å². The van der Waals surface area contributed by atoms with E-state index < -0.39 is 5.95 Å². The minimum Gasteiger partial charge on any atom is -0.264 e. The van der Waals surface area contributed by atoms with Crippen LogP contribution in [0.2, 0.25) is 0 Å². The van der Waals surface area contributed by atoms with Gasteiger partial charge in [0.1, 0.15) is 4.83 Å². The second-order valence-electron chi connectivity index (χ2n) is 4.81. The Hall–Kier alpha value is -2.66. The van der Waals surface area contributed by atoms with Gasteiger partial charge >= 0.3 is 0 Å². The van der Waals surface area contributed by atoms with Crippen molar-refractivity contribution >= 4 is 21.6 Å². The third-order valence-corrected chi connectivity index (χ3v) is 4.45. The SMILES string of the molecule is Fc1ccc(-c2cc3ccc(-c4cccnc4)nc3s2)cn1. The molecule has 4 aromatic rings. The van der Waals surface area contributed by atoms with Crippen LogP contribution in [0.4, 0.5) is 4.39 Å². The largest absolute Gasteiger partial charge is 0.264 e. The standard InChI is InChI=1S/C17H10FN3S/c18-16-6-4-13(10-20-16)15-8-11-3-5-14(21-17(11)22-15)12-2-1-7-19-9-12/h1-10H. The van der Waals surface area contributed by atoms with Gasteiger partial charge in [0, 0.05) is 40.0 Å². The Morgan fingerprint density at radius 2 is 1.91 bits per heavy atom. The zero-order chi connectivity index (χ0) is 14.9. The quantitative estimate of drug-likeness (QED) is 0.510.